The molecule has 0 fully saturated rings. The number of benzene rings is 1. The maximum absolute atomic E-state index is 11.5. The van der Waals surface area contributed by atoms with E-state index in [9.17, 15) is 4.79 Å². The summed E-state index contributed by atoms with van der Waals surface area (Å²) in [4.78, 5) is 11.5. The highest BCUT2D eigenvalue weighted by molar-refractivity contribution is 6.30. The van der Waals surface area contributed by atoms with Gasteiger partial charge in [0.05, 0.1) is 0 Å². The molecule has 0 saturated carbocycles. The van der Waals surface area contributed by atoms with Crippen LogP contribution in [0.25, 0.3) is 6.08 Å². The smallest absolute Gasteiger partial charge is 0.244 e. The number of amides is 1. The van der Waals surface area contributed by atoms with Gasteiger partial charge in [-0.2, -0.15) is 0 Å². The fourth-order valence-electron chi connectivity index (χ4n) is 1.33. The number of ether oxygens (including phenoxy) is 1. The molecule has 1 aromatic carbocycles. The number of rotatable bonds is 7. The van der Waals surface area contributed by atoms with Crippen LogP contribution < -0.4 is 5.32 Å². The van der Waals surface area contributed by atoms with Gasteiger partial charge in [0.25, 0.3) is 0 Å². The van der Waals surface area contributed by atoms with E-state index in [0.717, 1.165) is 12.0 Å². The maximum atomic E-state index is 11.5. The Kier molecular flexibility index (Phi) is 7.14. The molecule has 4 heteroatoms. The number of carbonyl (C=O) groups excluding carboxylic acids is 1. The van der Waals surface area contributed by atoms with Gasteiger partial charge in [-0.15, -0.1) is 0 Å². The van der Waals surface area contributed by atoms with Crippen LogP contribution in [0.5, 0.6) is 0 Å². The van der Waals surface area contributed by atoms with Crippen LogP contribution in [-0.2, 0) is 9.53 Å². The lowest BCUT2D eigenvalue weighted by molar-refractivity contribution is -0.116. The number of halogens is 1. The highest BCUT2D eigenvalue weighted by Crippen LogP contribution is 2.10. The number of hydrogen-bond acceptors (Lipinski definition) is 2. The second kappa shape index (κ2) is 8.72. The number of nitrogens with one attached hydrogen (secondary N) is 1. The molecule has 0 aliphatic rings. The first kappa shape index (κ1) is 14.7. The molecule has 3 nitrogen and oxygen atoms in total. The lowest BCUT2D eigenvalue weighted by Crippen LogP contribution is -2.23. The standard InChI is InChI=1S/C14H18ClNO2/c1-2-18-11-3-10-16-14(17)9-6-12-4-7-13(15)8-5-12/h4-9H,2-3,10-11H2,1H3,(H,16,17)/b9-6+. The molecule has 0 saturated heterocycles. The van der Waals surface area contributed by atoms with Crippen LogP contribution in [0.1, 0.15) is 18.9 Å². The zero-order valence-corrected chi connectivity index (χ0v) is 11.2. The Morgan fingerprint density at radius 2 is 2.11 bits per heavy atom. The summed E-state index contributed by atoms with van der Waals surface area (Å²) in [7, 11) is 0. The summed E-state index contributed by atoms with van der Waals surface area (Å²) in [5, 5.41) is 3.48. The summed E-state index contributed by atoms with van der Waals surface area (Å²) < 4.78 is 5.17. The third-order valence-electron chi connectivity index (χ3n) is 2.27. The van der Waals surface area contributed by atoms with E-state index in [0.29, 0.717) is 24.8 Å². The van der Waals surface area contributed by atoms with Gasteiger partial charge in [-0.05, 0) is 37.1 Å². The molecule has 0 aliphatic heterocycles. The zero-order chi connectivity index (χ0) is 13.2. The van der Waals surface area contributed by atoms with Gasteiger partial charge in [0.2, 0.25) is 5.91 Å². The van der Waals surface area contributed by atoms with Crippen LogP contribution in [-0.4, -0.2) is 25.7 Å². The first-order valence-electron chi connectivity index (χ1n) is 6.01. The van der Waals surface area contributed by atoms with E-state index in [1.165, 1.54) is 6.08 Å². The minimum atomic E-state index is -0.0959. The van der Waals surface area contributed by atoms with Gasteiger partial charge in [-0.1, -0.05) is 23.7 Å². The zero-order valence-electron chi connectivity index (χ0n) is 10.5. The van der Waals surface area contributed by atoms with E-state index in [1.54, 1.807) is 18.2 Å². The van der Waals surface area contributed by atoms with Crippen LogP contribution in [0.15, 0.2) is 30.3 Å². The molecule has 1 N–H and O–H groups in total. The van der Waals surface area contributed by atoms with Gasteiger partial charge in [0.15, 0.2) is 0 Å². The minimum absolute atomic E-state index is 0.0959. The average molecular weight is 268 g/mol. The fraction of sp³-hybridized carbons (Fsp3) is 0.357. The Morgan fingerprint density at radius 1 is 1.39 bits per heavy atom. The quantitative estimate of drug-likeness (QED) is 0.609. The Morgan fingerprint density at radius 3 is 2.78 bits per heavy atom. The van der Waals surface area contributed by atoms with Gasteiger partial charge in [0, 0.05) is 30.9 Å². The van der Waals surface area contributed by atoms with Crippen molar-refractivity contribution in [2.45, 2.75) is 13.3 Å². The van der Waals surface area contributed by atoms with Crippen molar-refractivity contribution < 1.29 is 9.53 Å². The van der Waals surface area contributed by atoms with Gasteiger partial charge in [0.1, 0.15) is 0 Å². The molecular formula is C14H18ClNO2. The van der Waals surface area contributed by atoms with E-state index in [4.69, 9.17) is 16.3 Å². The van der Waals surface area contributed by atoms with E-state index in [1.807, 2.05) is 19.1 Å². The van der Waals surface area contributed by atoms with Gasteiger partial charge in [-0.3, -0.25) is 4.79 Å². The first-order chi connectivity index (χ1) is 8.72. The SMILES string of the molecule is CCOCCCNC(=O)/C=C/c1ccc(Cl)cc1. The number of carbonyl (C=O) groups is 1. The lowest BCUT2D eigenvalue weighted by Gasteiger charge is -2.02. The molecule has 1 rings (SSSR count). The van der Waals surface area contributed by atoms with Crippen LogP contribution in [0.4, 0.5) is 0 Å². The van der Waals surface area contributed by atoms with Gasteiger partial charge < -0.3 is 10.1 Å². The third-order valence-corrected chi connectivity index (χ3v) is 2.52. The van der Waals surface area contributed by atoms with Crippen LogP contribution in [0, 0.1) is 0 Å². The van der Waals surface area contributed by atoms with Crippen LogP contribution in [0.2, 0.25) is 5.02 Å². The average Bonchev–Trinajstić information content (AvgIpc) is 2.38. The summed E-state index contributed by atoms with van der Waals surface area (Å²) >= 11 is 5.77. The molecule has 0 aliphatic carbocycles. The molecule has 0 bridgehead atoms. The van der Waals surface area contributed by atoms with Crippen molar-refractivity contribution in [3.8, 4) is 0 Å². The largest absolute Gasteiger partial charge is 0.382 e. The Hall–Kier alpha value is -1.32. The van der Waals surface area contributed by atoms with Crippen molar-refractivity contribution in [3.63, 3.8) is 0 Å². The van der Waals surface area contributed by atoms with E-state index < -0.39 is 0 Å². The molecule has 1 aromatic rings. The molecule has 0 spiro atoms. The Balaban J connectivity index is 2.25. The molecule has 0 aromatic heterocycles. The predicted octanol–water partition coefficient (Wildman–Crippen LogP) is 2.90. The normalized spacial score (nSPS) is 10.8. The predicted molar refractivity (Wildman–Crippen MR) is 74.6 cm³/mol. The van der Waals surface area contributed by atoms with E-state index >= 15 is 0 Å². The number of hydrogen-bond donors (Lipinski definition) is 1. The third kappa shape index (κ3) is 6.42. The van der Waals surface area contributed by atoms with E-state index in [2.05, 4.69) is 5.32 Å². The van der Waals surface area contributed by atoms with Crippen LogP contribution in [0.3, 0.4) is 0 Å². The summed E-state index contributed by atoms with van der Waals surface area (Å²) in [6, 6.07) is 7.31. The fourth-order valence-corrected chi connectivity index (χ4v) is 1.46. The summed E-state index contributed by atoms with van der Waals surface area (Å²) in [6.45, 7) is 3.97. The second-order valence-electron chi connectivity index (χ2n) is 3.73. The van der Waals surface area contributed by atoms with E-state index in [-0.39, 0.29) is 5.91 Å². The highest BCUT2D eigenvalue weighted by atomic mass is 35.5. The van der Waals surface area contributed by atoms with Crippen molar-refractivity contribution in [3.05, 3.63) is 40.9 Å². The minimum Gasteiger partial charge on any atom is -0.382 e. The van der Waals surface area contributed by atoms with Crippen molar-refractivity contribution in [1.82, 2.24) is 5.32 Å². The van der Waals surface area contributed by atoms with Crippen molar-refractivity contribution in [1.29, 1.82) is 0 Å². The molecular weight excluding hydrogens is 250 g/mol. The molecule has 18 heavy (non-hydrogen) atoms. The van der Waals surface area contributed by atoms with Gasteiger partial charge >= 0.3 is 0 Å². The Bertz CT molecular complexity index is 387. The molecule has 1 amide bonds. The Labute approximate surface area is 113 Å². The highest BCUT2D eigenvalue weighted by Gasteiger charge is 1.95. The topological polar surface area (TPSA) is 38.3 Å². The van der Waals surface area contributed by atoms with Crippen molar-refractivity contribution >= 4 is 23.6 Å². The summed E-state index contributed by atoms with van der Waals surface area (Å²) in [6.07, 6.45) is 4.10. The summed E-state index contributed by atoms with van der Waals surface area (Å²) in [5.74, 6) is -0.0959. The first-order valence-corrected chi connectivity index (χ1v) is 6.39. The van der Waals surface area contributed by atoms with Crippen LogP contribution >= 0.6 is 11.6 Å². The van der Waals surface area contributed by atoms with Crippen molar-refractivity contribution in [2.24, 2.45) is 0 Å². The molecule has 98 valence electrons. The van der Waals surface area contributed by atoms with Crippen molar-refractivity contribution in [2.75, 3.05) is 19.8 Å². The molecule has 0 unspecified atom stereocenters. The summed E-state index contributed by atoms with van der Waals surface area (Å²) in [5.41, 5.74) is 0.948. The lowest BCUT2D eigenvalue weighted by atomic mass is 10.2. The molecule has 0 heterocycles. The monoisotopic (exact) mass is 267 g/mol. The van der Waals surface area contributed by atoms with Gasteiger partial charge in [-0.25, -0.2) is 0 Å². The maximum Gasteiger partial charge on any atom is 0.244 e. The molecule has 0 radical (unpaired) electrons. The molecule has 0 atom stereocenters. The second-order valence-corrected chi connectivity index (χ2v) is 4.16.